The van der Waals surface area contributed by atoms with E-state index in [1.807, 2.05) is 0 Å². The number of Topliss-reactive ketones (excluding diaryl/α,β-unsaturated/α-hetero) is 1. The van der Waals surface area contributed by atoms with Crippen LogP contribution in [-0.2, 0) is 11.3 Å². The van der Waals surface area contributed by atoms with E-state index in [1.54, 1.807) is 24.2 Å². The first-order valence-electron chi connectivity index (χ1n) is 5.50. The highest BCUT2D eigenvalue weighted by molar-refractivity contribution is 5.99. The molecular weight excluding hydrogens is 206 g/mol. The van der Waals surface area contributed by atoms with Crippen molar-refractivity contribution in [3.8, 4) is 0 Å². The van der Waals surface area contributed by atoms with Crippen LogP contribution in [0.2, 0.25) is 0 Å². The number of carbonyl (C=O) groups excluding carboxylic acids is 1. The number of carbonyl (C=O) groups is 1. The Hall–Kier alpha value is -1.20. The highest BCUT2D eigenvalue weighted by atomic mass is 16.5. The summed E-state index contributed by atoms with van der Waals surface area (Å²) in [4.78, 5) is 11.8. The number of hydrogen-bond acceptors (Lipinski definition) is 4. The molecule has 1 aromatic heterocycles. The molecular formula is C11H19N3O2. The molecule has 0 saturated heterocycles. The molecule has 0 amide bonds. The van der Waals surface area contributed by atoms with Gasteiger partial charge in [0, 0.05) is 26.5 Å². The maximum atomic E-state index is 11.8. The molecule has 1 rings (SSSR count). The molecule has 1 unspecified atom stereocenters. The van der Waals surface area contributed by atoms with Gasteiger partial charge >= 0.3 is 0 Å². The van der Waals surface area contributed by atoms with Crippen LogP contribution in [0.25, 0.3) is 0 Å². The molecule has 0 spiro atoms. The molecule has 16 heavy (non-hydrogen) atoms. The van der Waals surface area contributed by atoms with Crippen molar-refractivity contribution in [3.63, 3.8) is 0 Å². The highest BCUT2D eigenvalue weighted by Crippen LogP contribution is 2.04. The third-order valence-corrected chi connectivity index (χ3v) is 2.34. The number of ketones is 1. The number of rotatable bonds is 7. The van der Waals surface area contributed by atoms with Crippen molar-refractivity contribution < 1.29 is 9.53 Å². The van der Waals surface area contributed by atoms with E-state index in [-0.39, 0.29) is 5.78 Å². The largest absolute Gasteiger partial charge is 0.385 e. The zero-order chi connectivity index (χ0) is 12.0. The maximum absolute atomic E-state index is 11.8. The molecule has 0 fully saturated rings. The number of methoxy groups -OCH3 is 1. The minimum Gasteiger partial charge on any atom is -0.385 e. The predicted molar refractivity (Wildman–Crippen MR) is 61.3 cm³/mol. The molecule has 0 aromatic carbocycles. The van der Waals surface area contributed by atoms with E-state index >= 15 is 0 Å². The lowest BCUT2D eigenvalue weighted by molar-refractivity contribution is 0.0935. The zero-order valence-electron chi connectivity index (χ0n) is 9.85. The summed E-state index contributed by atoms with van der Waals surface area (Å²) in [5.74, 6) is -0.0700. The standard InChI is InChI=1S/C11H19N3O2/c1-3-5-14-8-9(7-13-14)11(15)10(12)4-6-16-2/h7-8,10H,3-6,12H2,1-2H3. The van der Waals surface area contributed by atoms with Crippen LogP contribution in [0.4, 0.5) is 0 Å². The Bertz CT molecular complexity index is 336. The normalized spacial score (nSPS) is 12.7. The number of nitrogens with zero attached hydrogens (tertiary/aromatic N) is 2. The number of hydrogen-bond donors (Lipinski definition) is 1. The average molecular weight is 225 g/mol. The van der Waals surface area contributed by atoms with Crippen molar-refractivity contribution in [2.75, 3.05) is 13.7 Å². The summed E-state index contributed by atoms with van der Waals surface area (Å²) in [6.07, 6.45) is 4.85. The first kappa shape index (κ1) is 12.9. The summed E-state index contributed by atoms with van der Waals surface area (Å²) in [7, 11) is 1.59. The van der Waals surface area contributed by atoms with Crippen LogP contribution in [0.15, 0.2) is 12.4 Å². The molecule has 2 N–H and O–H groups in total. The van der Waals surface area contributed by atoms with Crippen LogP contribution in [0.1, 0.15) is 30.1 Å². The summed E-state index contributed by atoms with van der Waals surface area (Å²) in [6.45, 7) is 3.38. The maximum Gasteiger partial charge on any atom is 0.182 e. The Labute approximate surface area is 95.6 Å². The van der Waals surface area contributed by atoms with Gasteiger partial charge in [0.05, 0.1) is 17.8 Å². The fourth-order valence-electron chi connectivity index (χ4n) is 1.43. The third kappa shape index (κ3) is 3.43. The van der Waals surface area contributed by atoms with E-state index in [1.165, 1.54) is 0 Å². The van der Waals surface area contributed by atoms with Gasteiger partial charge in [0.2, 0.25) is 0 Å². The van der Waals surface area contributed by atoms with E-state index < -0.39 is 6.04 Å². The van der Waals surface area contributed by atoms with Crippen LogP contribution in [0, 0.1) is 0 Å². The summed E-state index contributed by atoms with van der Waals surface area (Å²) in [5.41, 5.74) is 6.33. The van der Waals surface area contributed by atoms with Crippen molar-refractivity contribution in [2.45, 2.75) is 32.4 Å². The molecule has 1 atom stereocenters. The van der Waals surface area contributed by atoms with Crippen LogP contribution < -0.4 is 5.73 Å². The molecule has 1 aromatic rings. The zero-order valence-corrected chi connectivity index (χ0v) is 9.85. The molecule has 1 heterocycles. The third-order valence-electron chi connectivity index (χ3n) is 2.34. The molecule has 0 bridgehead atoms. The van der Waals surface area contributed by atoms with Gasteiger partial charge in [-0.15, -0.1) is 0 Å². The van der Waals surface area contributed by atoms with Gasteiger partial charge in [-0.25, -0.2) is 0 Å². The lowest BCUT2D eigenvalue weighted by Gasteiger charge is -2.07. The van der Waals surface area contributed by atoms with E-state index in [0.717, 1.165) is 13.0 Å². The van der Waals surface area contributed by atoms with Gasteiger partial charge in [-0.2, -0.15) is 5.10 Å². The van der Waals surface area contributed by atoms with E-state index in [9.17, 15) is 4.79 Å². The highest BCUT2D eigenvalue weighted by Gasteiger charge is 2.16. The van der Waals surface area contributed by atoms with Gasteiger partial charge in [-0.3, -0.25) is 9.48 Å². The topological polar surface area (TPSA) is 70.1 Å². The minimum absolute atomic E-state index is 0.0700. The average Bonchev–Trinajstić information content (AvgIpc) is 2.74. The number of aryl methyl sites for hydroxylation is 1. The lowest BCUT2D eigenvalue weighted by Crippen LogP contribution is -2.31. The summed E-state index contributed by atoms with van der Waals surface area (Å²) in [5, 5.41) is 4.10. The van der Waals surface area contributed by atoms with Crippen molar-refractivity contribution in [1.29, 1.82) is 0 Å². The van der Waals surface area contributed by atoms with Crippen LogP contribution in [-0.4, -0.2) is 35.3 Å². The van der Waals surface area contributed by atoms with Crippen LogP contribution in [0.5, 0.6) is 0 Å². The number of ether oxygens (including phenoxy) is 1. The second kappa shape index (κ2) is 6.40. The van der Waals surface area contributed by atoms with Crippen molar-refractivity contribution in [2.24, 2.45) is 5.73 Å². The van der Waals surface area contributed by atoms with Crippen molar-refractivity contribution >= 4 is 5.78 Å². The molecule has 0 aliphatic heterocycles. The van der Waals surface area contributed by atoms with Crippen molar-refractivity contribution in [3.05, 3.63) is 18.0 Å². The molecule has 0 aliphatic carbocycles. The van der Waals surface area contributed by atoms with E-state index in [2.05, 4.69) is 12.0 Å². The van der Waals surface area contributed by atoms with Gasteiger partial charge < -0.3 is 10.5 Å². The summed E-state index contributed by atoms with van der Waals surface area (Å²) < 4.78 is 6.65. The van der Waals surface area contributed by atoms with Crippen LogP contribution in [0.3, 0.4) is 0 Å². The monoisotopic (exact) mass is 225 g/mol. The molecule has 0 saturated carbocycles. The first-order valence-corrected chi connectivity index (χ1v) is 5.50. The fourth-order valence-corrected chi connectivity index (χ4v) is 1.43. The van der Waals surface area contributed by atoms with E-state index in [0.29, 0.717) is 18.6 Å². The molecule has 0 radical (unpaired) electrons. The van der Waals surface area contributed by atoms with Crippen molar-refractivity contribution in [1.82, 2.24) is 9.78 Å². The SMILES string of the molecule is CCCn1cc(C(=O)C(N)CCOC)cn1. The summed E-state index contributed by atoms with van der Waals surface area (Å²) >= 11 is 0. The first-order chi connectivity index (χ1) is 7.69. The van der Waals surface area contributed by atoms with Gasteiger partial charge in [0.25, 0.3) is 0 Å². The second-order valence-corrected chi connectivity index (χ2v) is 3.74. The molecule has 5 heteroatoms. The number of nitrogens with two attached hydrogens (primary N) is 1. The smallest absolute Gasteiger partial charge is 0.182 e. The quantitative estimate of drug-likeness (QED) is 0.698. The molecule has 90 valence electrons. The Kier molecular flexibility index (Phi) is 5.14. The Morgan fingerprint density at radius 1 is 1.69 bits per heavy atom. The number of aromatic nitrogens is 2. The van der Waals surface area contributed by atoms with Crippen LogP contribution >= 0.6 is 0 Å². The second-order valence-electron chi connectivity index (χ2n) is 3.74. The summed E-state index contributed by atoms with van der Waals surface area (Å²) in [6, 6.07) is -0.501. The lowest BCUT2D eigenvalue weighted by atomic mass is 10.1. The fraction of sp³-hybridized carbons (Fsp3) is 0.636. The Balaban J connectivity index is 2.57. The van der Waals surface area contributed by atoms with Gasteiger partial charge in [-0.05, 0) is 12.8 Å². The Morgan fingerprint density at radius 2 is 2.44 bits per heavy atom. The van der Waals surface area contributed by atoms with Gasteiger partial charge in [0.15, 0.2) is 5.78 Å². The minimum atomic E-state index is -0.501. The van der Waals surface area contributed by atoms with E-state index in [4.69, 9.17) is 10.5 Å². The molecule has 0 aliphatic rings. The predicted octanol–water partition coefficient (Wildman–Crippen LogP) is 0.840. The van der Waals surface area contributed by atoms with Gasteiger partial charge in [0.1, 0.15) is 0 Å². The Morgan fingerprint density at radius 3 is 3.06 bits per heavy atom. The molecule has 5 nitrogen and oxygen atoms in total. The van der Waals surface area contributed by atoms with Gasteiger partial charge in [-0.1, -0.05) is 6.92 Å².